The normalized spacial score (nSPS) is 8.36. The number of carboxylic acid groups (broad SMARTS) is 1. The highest BCUT2D eigenvalue weighted by molar-refractivity contribution is 5.70. The van der Waals surface area contributed by atoms with Gasteiger partial charge in [-0.2, -0.15) is 0 Å². The van der Waals surface area contributed by atoms with Crippen molar-refractivity contribution in [3.8, 4) is 0 Å². The molecule has 0 aliphatic heterocycles. The maximum atomic E-state index is 10.2. The maximum absolute atomic E-state index is 10.2. The molecule has 1 rings (SSSR count). The number of aliphatic carboxylic acids is 1. The van der Waals surface area contributed by atoms with Crippen LogP contribution in [0.25, 0.3) is 0 Å². The summed E-state index contributed by atoms with van der Waals surface area (Å²) in [5.41, 5.74) is 0.843. The molecule has 0 saturated carbocycles. The molecule has 0 radical (unpaired) electrons. The summed E-state index contributed by atoms with van der Waals surface area (Å²) in [4.78, 5) is 10.2. The van der Waals surface area contributed by atoms with Crippen molar-refractivity contribution in [3.63, 3.8) is 0 Å². The summed E-state index contributed by atoms with van der Waals surface area (Å²) in [7, 11) is 0. The summed E-state index contributed by atoms with van der Waals surface area (Å²) >= 11 is 0. The Kier molecular flexibility index (Phi) is 3.92. The summed E-state index contributed by atoms with van der Waals surface area (Å²) < 4.78 is 0. The number of hydrogen-bond acceptors (Lipinski definition) is 1. The van der Waals surface area contributed by atoms with Gasteiger partial charge in [0.25, 0.3) is 0 Å². The molecule has 0 fully saturated rings. The van der Waals surface area contributed by atoms with Crippen molar-refractivity contribution in [1.82, 2.24) is 6.15 Å². The van der Waals surface area contributed by atoms with Crippen LogP contribution in [-0.4, -0.2) is 11.1 Å². The second-order valence-electron chi connectivity index (χ2n) is 2.06. The number of benzene rings is 1. The summed E-state index contributed by atoms with van der Waals surface area (Å²) in [5.74, 6) is -0.786. The smallest absolute Gasteiger partial charge is 0.307 e. The van der Waals surface area contributed by atoms with Gasteiger partial charge in [0.2, 0.25) is 0 Å². The van der Waals surface area contributed by atoms with Gasteiger partial charge in [-0.1, -0.05) is 30.3 Å². The van der Waals surface area contributed by atoms with E-state index in [4.69, 9.17) is 5.11 Å². The van der Waals surface area contributed by atoms with E-state index in [9.17, 15) is 4.79 Å². The minimum absolute atomic E-state index is 0. The van der Waals surface area contributed by atoms with Crippen molar-refractivity contribution in [2.45, 2.75) is 6.42 Å². The van der Waals surface area contributed by atoms with Gasteiger partial charge < -0.3 is 11.3 Å². The van der Waals surface area contributed by atoms with E-state index in [1.807, 2.05) is 18.2 Å². The molecule has 5 N–H and O–H groups in total. The van der Waals surface area contributed by atoms with E-state index in [-0.39, 0.29) is 12.6 Å². The summed E-state index contributed by atoms with van der Waals surface area (Å²) in [6.45, 7) is 0. The Morgan fingerprint density at radius 2 is 1.82 bits per heavy atom. The number of hydrogen-bond donors (Lipinski definition) is 2. The van der Waals surface area contributed by atoms with Crippen molar-refractivity contribution < 1.29 is 9.90 Å². The van der Waals surface area contributed by atoms with E-state index in [2.05, 4.69) is 0 Å². The van der Waals surface area contributed by atoms with Gasteiger partial charge in [-0.25, -0.2) is 0 Å². The minimum Gasteiger partial charge on any atom is -0.481 e. The molecule has 60 valence electrons. The molecule has 3 nitrogen and oxygen atoms in total. The lowest BCUT2D eigenvalue weighted by Gasteiger charge is -1.92. The summed E-state index contributed by atoms with van der Waals surface area (Å²) in [5, 5.41) is 8.37. The molecule has 3 heteroatoms. The molecule has 0 aliphatic rings. The molecule has 0 aromatic heterocycles. The van der Waals surface area contributed by atoms with E-state index in [1.165, 1.54) is 0 Å². The quantitative estimate of drug-likeness (QED) is 0.680. The molecule has 0 spiro atoms. The monoisotopic (exact) mass is 154 g/mol. The van der Waals surface area contributed by atoms with Crippen LogP contribution in [-0.2, 0) is 11.2 Å². The van der Waals surface area contributed by atoms with E-state index in [0.717, 1.165) is 5.56 Å². The zero-order valence-electron chi connectivity index (χ0n) is 6.45. The average Bonchev–Trinajstić information content (AvgIpc) is 1.88. The number of carbonyl (C=O) groups is 1. The summed E-state index contributed by atoms with van der Waals surface area (Å²) in [6, 6.07) is 9.13. The first-order valence-electron chi connectivity index (χ1n) is 3.05. The molecule has 0 aliphatic carbocycles. The average molecular weight is 154 g/mol. The van der Waals surface area contributed by atoms with Crippen LogP contribution in [0.5, 0.6) is 0 Å². The zero-order valence-corrected chi connectivity index (χ0v) is 6.45. The predicted octanol–water partition coefficient (Wildman–Crippen LogP) is 1.69. The molecule has 0 amide bonds. The molecule has 11 heavy (non-hydrogen) atoms. The Balaban J connectivity index is 0.000001000. The first-order valence-corrected chi connectivity index (χ1v) is 3.05. The van der Waals surface area contributed by atoms with Crippen LogP contribution in [0.1, 0.15) is 5.56 Å². The van der Waals surface area contributed by atoms with Gasteiger partial charge in [0.15, 0.2) is 0 Å². The molecule has 0 saturated heterocycles. The lowest BCUT2D eigenvalue weighted by Crippen LogP contribution is -1.98. The lowest BCUT2D eigenvalue weighted by atomic mass is 10.2. The van der Waals surface area contributed by atoms with Crippen LogP contribution in [0.3, 0.4) is 0 Å². The van der Waals surface area contributed by atoms with Crippen LogP contribution >= 0.6 is 0 Å². The lowest BCUT2D eigenvalue weighted by molar-refractivity contribution is -0.136. The molecule has 0 unspecified atom stereocenters. The second-order valence-corrected chi connectivity index (χ2v) is 2.06. The van der Waals surface area contributed by atoms with E-state index in [1.54, 1.807) is 12.1 Å². The minimum atomic E-state index is -0.786. The molecule has 1 aromatic rings. The highest BCUT2D eigenvalue weighted by atomic mass is 16.4. The van der Waals surface area contributed by atoms with Crippen molar-refractivity contribution in [2.75, 3.05) is 0 Å². The first kappa shape index (κ1) is 9.65. The van der Waals surface area contributed by atoms with Gasteiger partial charge in [-0.15, -0.1) is 0 Å². The Morgan fingerprint density at radius 1 is 1.27 bits per heavy atom. The Labute approximate surface area is 65.3 Å². The fourth-order valence-electron chi connectivity index (χ4n) is 0.770. The van der Waals surface area contributed by atoms with Gasteiger partial charge >= 0.3 is 5.97 Å². The SMILES string of the molecule is O=C(O)Cc1ccccc1.[NH4+]. The molecular weight excluding hydrogens is 142 g/mol. The highest BCUT2D eigenvalue weighted by Crippen LogP contribution is 1.98. The standard InChI is InChI=1S/C8H8O2.H3N/c9-8(10)6-7-4-2-1-3-5-7;/h1-5H,6H2,(H,9,10);1H3/p+1. The molecule has 1 aromatic carbocycles. The molecule has 0 atom stereocenters. The topological polar surface area (TPSA) is 73.8 Å². The van der Waals surface area contributed by atoms with Gasteiger partial charge in [0.1, 0.15) is 0 Å². The van der Waals surface area contributed by atoms with Crippen molar-refractivity contribution >= 4 is 5.97 Å². The Bertz CT molecular complexity index is 221. The third kappa shape index (κ3) is 3.37. The fourth-order valence-corrected chi connectivity index (χ4v) is 0.770. The van der Waals surface area contributed by atoms with Crippen LogP contribution in [0.4, 0.5) is 0 Å². The fraction of sp³-hybridized carbons (Fsp3) is 0.125. The van der Waals surface area contributed by atoms with Crippen molar-refractivity contribution in [2.24, 2.45) is 0 Å². The Hall–Kier alpha value is -1.35. The maximum Gasteiger partial charge on any atom is 0.307 e. The third-order valence-electron chi connectivity index (χ3n) is 1.20. The largest absolute Gasteiger partial charge is 0.481 e. The highest BCUT2D eigenvalue weighted by Gasteiger charge is 1.96. The first-order chi connectivity index (χ1) is 4.79. The molecular formula is C8H12NO2+. The summed E-state index contributed by atoms with van der Waals surface area (Å²) in [6.07, 6.45) is 0.112. The van der Waals surface area contributed by atoms with Crippen molar-refractivity contribution in [1.29, 1.82) is 0 Å². The third-order valence-corrected chi connectivity index (χ3v) is 1.20. The second kappa shape index (κ2) is 4.46. The van der Waals surface area contributed by atoms with E-state index < -0.39 is 5.97 Å². The predicted molar refractivity (Wildman–Crippen MR) is 43.8 cm³/mol. The Morgan fingerprint density at radius 3 is 2.27 bits per heavy atom. The van der Waals surface area contributed by atoms with Gasteiger partial charge in [-0.3, -0.25) is 4.79 Å². The van der Waals surface area contributed by atoms with Crippen LogP contribution in [0.2, 0.25) is 0 Å². The number of carboxylic acids is 1. The van der Waals surface area contributed by atoms with Crippen LogP contribution < -0.4 is 6.15 Å². The molecule has 0 heterocycles. The zero-order chi connectivity index (χ0) is 7.40. The number of rotatable bonds is 2. The van der Waals surface area contributed by atoms with Gasteiger partial charge in [-0.05, 0) is 5.56 Å². The van der Waals surface area contributed by atoms with E-state index in [0.29, 0.717) is 0 Å². The van der Waals surface area contributed by atoms with Gasteiger partial charge in [0, 0.05) is 0 Å². The van der Waals surface area contributed by atoms with Gasteiger partial charge in [0.05, 0.1) is 6.42 Å². The van der Waals surface area contributed by atoms with E-state index >= 15 is 0 Å². The van der Waals surface area contributed by atoms with Crippen LogP contribution in [0, 0.1) is 0 Å². The number of quaternary nitrogens is 1. The van der Waals surface area contributed by atoms with Crippen molar-refractivity contribution in [3.05, 3.63) is 35.9 Å². The molecule has 0 bridgehead atoms. The van der Waals surface area contributed by atoms with Crippen LogP contribution in [0.15, 0.2) is 30.3 Å².